The Morgan fingerprint density at radius 2 is 1.73 bits per heavy atom. The van der Waals surface area contributed by atoms with Crippen molar-refractivity contribution < 1.29 is 31.4 Å². The van der Waals surface area contributed by atoms with Crippen LogP contribution >= 0.6 is 11.6 Å². The number of piperazine rings is 1. The Hall–Kier alpha value is -2.86. The van der Waals surface area contributed by atoms with Gasteiger partial charge in [-0.1, -0.05) is 35.9 Å². The molecule has 2 aromatic carbocycles. The maximum Gasteiger partial charge on any atom is 0.417 e. The van der Waals surface area contributed by atoms with E-state index in [1.807, 2.05) is 18.2 Å². The zero-order valence-corrected chi connectivity index (χ0v) is 21.6. The van der Waals surface area contributed by atoms with Crippen LogP contribution in [0.25, 0.3) is 11.1 Å². The summed E-state index contributed by atoms with van der Waals surface area (Å²) in [6, 6.07) is 12.7. The quantitative estimate of drug-likeness (QED) is 0.474. The van der Waals surface area contributed by atoms with E-state index in [4.69, 9.17) is 16.3 Å². The predicted octanol–water partition coefficient (Wildman–Crippen LogP) is 4.65. The fourth-order valence-electron chi connectivity index (χ4n) is 4.29. The SMILES string of the molecule is COc1ccccc1-c1ccc(S(C)(=O)=O)cc1C(O)N1CCN(c2ncc(C(F)(F)F)cc2Cl)CC1. The fraction of sp³-hybridized carbons (Fsp3) is 0.320. The number of rotatable bonds is 6. The molecule has 1 unspecified atom stereocenters. The number of nitrogens with zero attached hydrogens (tertiary/aromatic N) is 3. The molecule has 1 saturated heterocycles. The first-order valence-corrected chi connectivity index (χ1v) is 13.5. The minimum absolute atomic E-state index is 0.0690. The summed E-state index contributed by atoms with van der Waals surface area (Å²) in [5.41, 5.74) is 0.780. The van der Waals surface area contributed by atoms with Crippen LogP contribution in [0.2, 0.25) is 5.02 Å². The van der Waals surface area contributed by atoms with Crippen LogP contribution in [0.15, 0.2) is 59.6 Å². The molecule has 1 fully saturated rings. The summed E-state index contributed by atoms with van der Waals surface area (Å²) in [6.07, 6.45) is -3.85. The number of para-hydroxylation sites is 1. The lowest BCUT2D eigenvalue weighted by molar-refractivity contribution is -0.137. The van der Waals surface area contributed by atoms with Crippen molar-refractivity contribution in [2.45, 2.75) is 17.3 Å². The van der Waals surface area contributed by atoms with Gasteiger partial charge < -0.3 is 14.7 Å². The molecule has 0 bridgehead atoms. The number of sulfone groups is 1. The molecular weight excluding hydrogens is 531 g/mol. The van der Waals surface area contributed by atoms with E-state index in [2.05, 4.69) is 4.98 Å². The number of alkyl halides is 3. The topological polar surface area (TPSA) is 83.0 Å². The summed E-state index contributed by atoms with van der Waals surface area (Å²) in [4.78, 5) is 7.50. The number of halogens is 4. The zero-order valence-electron chi connectivity index (χ0n) is 20.0. The minimum atomic E-state index is -4.54. The Morgan fingerprint density at radius 1 is 1.05 bits per heavy atom. The Morgan fingerprint density at radius 3 is 2.32 bits per heavy atom. The lowest BCUT2D eigenvalue weighted by Crippen LogP contribution is -2.48. The van der Waals surface area contributed by atoms with E-state index < -0.39 is 27.8 Å². The Bertz CT molecular complexity index is 1390. The molecule has 1 aliphatic rings. The predicted molar refractivity (Wildman–Crippen MR) is 135 cm³/mol. The van der Waals surface area contributed by atoms with Gasteiger partial charge in [0.05, 0.1) is 22.6 Å². The number of anilines is 1. The summed E-state index contributed by atoms with van der Waals surface area (Å²) < 4.78 is 68.9. The smallest absolute Gasteiger partial charge is 0.417 e. The van der Waals surface area contributed by atoms with E-state index >= 15 is 0 Å². The molecule has 1 atom stereocenters. The third-order valence-corrected chi connectivity index (χ3v) is 7.62. The van der Waals surface area contributed by atoms with Gasteiger partial charge in [-0.3, -0.25) is 4.90 Å². The summed E-state index contributed by atoms with van der Waals surface area (Å²) in [7, 11) is -2.01. The highest BCUT2D eigenvalue weighted by molar-refractivity contribution is 7.90. The van der Waals surface area contributed by atoms with Gasteiger partial charge in [-0.25, -0.2) is 13.4 Å². The molecule has 12 heteroatoms. The molecule has 7 nitrogen and oxygen atoms in total. The Kier molecular flexibility index (Phi) is 7.70. The van der Waals surface area contributed by atoms with E-state index in [0.717, 1.165) is 18.5 Å². The van der Waals surface area contributed by atoms with Crippen molar-refractivity contribution in [1.82, 2.24) is 9.88 Å². The number of aliphatic hydroxyl groups excluding tert-OH is 1. The molecule has 37 heavy (non-hydrogen) atoms. The van der Waals surface area contributed by atoms with Gasteiger partial charge in [0.15, 0.2) is 9.84 Å². The summed E-state index contributed by atoms with van der Waals surface area (Å²) in [5, 5.41) is 11.3. The van der Waals surface area contributed by atoms with Gasteiger partial charge in [0.1, 0.15) is 17.8 Å². The fourth-order valence-corrected chi connectivity index (χ4v) is 5.23. The summed E-state index contributed by atoms with van der Waals surface area (Å²) in [5.74, 6) is 0.800. The van der Waals surface area contributed by atoms with Crippen LogP contribution < -0.4 is 9.64 Å². The van der Waals surface area contributed by atoms with Crippen molar-refractivity contribution in [1.29, 1.82) is 0 Å². The number of hydrogen-bond donors (Lipinski definition) is 1. The second-order valence-electron chi connectivity index (χ2n) is 8.65. The van der Waals surface area contributed by atoms with E-state index in [1.54, 1.807) is 21.9 Å². The second kappa shape index (κ2) is 10.5. The highest BCUT2D eigenvalue weighted by atomic mass is 35.5. The van der Waals surface area contributed by atoms with Crippen LogP contribution in [0.3, 0.4) is 0 Å². The second-order valence-corrected chi connectivity index (χ2v) is 11.1. The molecule has 0 amide bonds. The monoisotopic (exact) mass is 555 g/mol. The third-order valence-electron chi connectivity index (χ3n) is 6.24. The van der Waals surface area contributed by atoms with Gasteiger partial charge in [0, 0.05) is 49.8 Å². The van der Waals surface area contributed by atoms with Crippen molar-refractivity contribution in [3.63, 3.8) is 0 Å². The highest BCUT2D eigenvalue weighted by Crippen LogP contribution is 2.38. The van der Waals surface area contributed by atoms with Crippen LogP contribution in [0.1, 0.15) is 17.4 Å². The van der Waals surface area contributed by atoms with Crippen LogP contribution in [0.4, 0.5) is 19.0 Å². The van der Waals surface area contributed by atoms with E-state index in [9.17, 15) is 26.7 Å². The van der Waals surface area contributed by atoms with Gasteiger partial charge in [-0.15, -0.1) is 0 Å². The number of pyridine rings is 1. The van der Waals surface area contributed by atoms with Crippen molar-refractivity contribution >= 4 is 27.3 Å². The average Bonchev–Trinajstić information content (AvgIpc) is 2.87. The normalized spacial score (nSPS) is 16.0. The highest BCUT2D eigenvalue weighted by Gasteiger charge is 2.33. The van der Waals surface area contributed by atoms with Crippen LogP contribution in [0, 0.1) is 0 Å². The van der Waals surface area contributed by atoms with Crippen LogP contribution in [-0.4, -0.2) is 63.0 Å². The summed E-state index contributed by atoms with van der Waals surface area (Å²) >= 11 is 6.11. The molecule has 1 aliphatic heterocycles. The standard InChI is InChI=1S/C25H25ClF3N3O4S/c1-36-22-6-4-3-5-19(22)18-8-7-17(37(2,34)35)14-20(18)24(33)32-11-9-31(10-12-32)23-21(26)13-16(15-30-23)25(27,28)29/h3-8,13-15,24,33H,9-12H2,1-2H3. The first kappa shape index (κ1) is 27.2. The molecular formula is C25H25ClF3N3O4S. The molecule has 0 saturated carbocycles. The van der Waals surface area contributed by atoms with Gasteiger partial charge in [0.2, 0.25) is 0 Å². The molecule has 4 rings (SSSR count). The number of aromatic nitrogens is 1. The molecule has 198 valence electrons. The number of aliphatic hydroxyl groups is 1. The molecule has 1 N–H and O–H groups in total. The maximum absolute atomic E-state index is 13.0. The van der Waals surface area contributed by atoms with Gasteiger partial charge in [-0.2, -0.15) is 13.2 Å². The molecule has 0 radical (unpaired) electrons. The largest absolute Gasteiger partial charge is 0.496 e. The van der Waals surface area contributed by atoms with E-state index in [1.165, 1.54) is 19.2 Å². The van der Waals surface area contributed by atoms with Gasteiger partial charge in [-0.05, 0) is 29.8 Å². The molecule has 3 aromatic rings. The first-order valence-electron chi connectivity index (χ1n) is 11.3. The summed E-state index contributed by atoms with van der Waals surface area (Å²) in [6.45, 7) is 1.33. The van der Waals surface area contributed by atoms with Crippen LogP contribution in [0.5, 0.6) is 5.75 Å². The average molecular weight is 556 g/mol. The lowest BCUT2D eigenvalue weighted by atomic mass is 9.97. The first-order chi connectivity index (χ1) is 17.4. The van der Waals surface area contributed by atoms with Crippen molar-refractivity contribution in [3.05, 3.63) is 70.9 Å². The van der Waals surface area contributed by atoms with Crippen molar-refractivity contribution in [2.75, 3.05) is 44.4 Å². The number of hydrogen-bond acceptors (Lipinski definition) is 7. The molecule has 1 aromatic heterocycles. The number of methoxy groups -OCH3 is 1. The van der Waals surface area contributed by atoms with Crippen molar-refractivity contribution in [3.8, 4) is 16.9 Å². The van der Waals surface area contributed by atoms with E-state index in [-0.39, 0.29) is 15.7 Å². The minimum Gasteiger partial charge on any atom is -0.496 e. The molecule has 0 spiro atoms. The van der Waals surface area contributed by atoms with Crippen molar-refractivity contribution in [2.24, 2.45) is 0 Å². The maximum atomic E-state index is 13.0. The molecule has 0 aliphatic carbocycles. The third kappa shape index (κ3) is 5.85. The number of benzene rings is 2. The van der Waals surface area contributed by atoms with E-state index in [0.29, 0.717) is 48.6 Å². The zero-order chi connectivity index (χ0) is 27.0. The number of ether oxygens (including phenoxy) is 1. The van der Waals surface area contributed by atoms with Crippen LogP contribution in [-0.2, 0) is 16.0 Å². The van der Waals surface area contributed by atoms with Gasteiger partial charge >= 0.3 is 6.18 Å². The lowest BCUT2D eigenvalue weighted by Gasteiger charge is -2.38. The Labute approximate surface area is 218 Å². The molecule has 2 heterocycles. The Balaban J connectivity index is 1.61. The van der Waals surface area contributed by atoms with Gasteiger partial charge in [0.25, 0.3) is 0 Å².